The lowest BCUT2D eigenvalue weighted by molar-refractivity contribution is -0.129. The molecule has 1 fully saturated rings. The molecule has 1 aliphatic heterocycles. The lowest BCUT2D eigenvalue weighted by Crippen LogP contribution is -2.41. The van der Waals surface area contributed by atoms with Gasteiger partial charge in [-0.2, -0.15) is 0 Å². The van der Waals surface area contributed by atoms with Crippen molar-refractivity contribution in [2.24, 2.45) is 0 Å². The molecule has 3 nitrogen and oxygen atoms in total. The molecular formula is C16H20Cl2N2O. The SMILES string of the molecule is CC(C(=O)N(Cc1ccc(Cl)c(Cl)c1)C(C)C)=C1CNC1. The second-order valence-corrected chi connectivity index (χ2v) is 6.42. The fraction of sp³-hybridized carbons (Fsp3) is 0.438. The Hall–Kier alpha value is -1.03. The molecule has 1 heterocycles. The molecule has 0 bridgehead atoms. The molecular weight excluding hydrogens is 307 g/mol. The molecule has 1 aromatic carbocycles. The van der Waals surface area contributed by atoms with Gasteiger partial charge in [0.2, 0.25) is 5.91 Å². The molecule has 114 valence electrons. The number of amides is 1. The van der Waals surface area contributed by atoms with Gasteiger partial charge in [-0.25, -0.2) is 0 Å². The third-order valence-corrected chi connectivity index (χ3v) is 4.49. The van der Waals surface area contributed by atoms with Crippen LogP contribution in [0.25, 0.3) is 0 Å². The van der Waals surface area contributed by atoms with E-state index in [4.69, 9.17) is 23.2 Å². The molecule has 0 radical (unpaired) electrons. The average Bonchev–Trinajstić information content (AvgIpc) is 2.36. The van der Waals surface area contributed by atoms with Crippen molar-refractivity contribution < 1.29 is 4.79 Å². The minimum Gasteiger partial charge on any atom is -0.332 e. The lowest BCUT2D eigenvalue weighted by atomic mass is 10.0. The van der Waals surface area contributed by atoms with Crippen molar-refractivity contribution >= 4 is 29.1 Å². The fourth-order valence-corrected chi connectivity index (χ4v) is 2.53. The Kier molecular flexibility index (Phi) is 5.31. The molecule has 0 atom stereocenters. The molecule has 0 aliphatic carbocycles. The van der Waals surface area contributed by atoms with E-state index in [1.54, 1.807) is 6.07 Å². The third-order valence-electron chi connectivity index (χ3n) is 3.75. The van der Waals surface area contributed by atoms with Crippen LogP contribution in [0.15, 0.2) is 29.3 Å². The van der Waals surface area contributed by atoms with Crippen LogP contribution in [0.1, 0.15) is 26.3 Å². The van der Waals surface area contributed by atoms with Gasteiger partial charge in [0, 0.05) is 31.2 Å². The van der Waals surface area contributed by atoms with Crippen LogP contribution in [-0.4, -0.2) is 29.9 Å². The summed E-state index contributed by atoms with van der Waals surface area (Å²) in [6, 6.07) is 5.61. The van der Waals surface area contributed by atoms with Crippen LogP contribution in [0, 0.1) is 0 Å². The van der Waals surface area contributed by atoms with Gasteiger partial charge in [0.05, 0.1) is 10.0 Å². The first kappa shape index (κ1) is 16.3. The summed E-state index contributed by atoms with van der Waals surface area (Å²) in [7, 11) is 0. The molecule has 2 rings (SSSR count). The maximum Gasteiger partial charge on any atom is 0.250 e. The Labute approximate surface area is 135 Å². The second-order valence-electron chi connectivity index (χ2n) is 5.61. The monoisotopic (exact) mass is 326 g/mol. The Bertz CT molecular complexity index is 576. The summed E-state index contributed by atoms with van der Waals surface area (Å²) in [6.45, 7) is 8.11. The van der Waals surface area contributed by atoms with Crippen molar-refractivity contribution in [3.05, 3.63) is 45.0 Å². The highest BCUT2D eigenvalue weighted by Crippen LogP contribution is 2.24. The molecule has 21 heavy (non-hydrogen) atoms. The van der Waals surface area contributed by atoms with Gasteiger partial charge in [0.1, 0.15) is 0 Å². The molecule has 1 aromatic rings. The predicted molar refractivity (Wildman–Crippen MR) is 87.7 cm³/mol. The van der Waals surface area contributed by atoms with Gasteiger partial charge < -0.3 is 10.2 Å². The number of hydrogen-bond acceptors (Lipinski definition) is 2. The highest BCUT2D eigenvalue weighted by Gasteiger charge is 2.23. The first-order valence-electron chi connectivity index (χ1n) is 7.04. The smallest absolute Gasteiger partial charge is 0.250 e. The first-order chi connectivity index (χ1) is 9.90. The number of nitrogens with one attached hydrogen (secondary N) is 1. The van der Waals surface area contributed by atoms with Crippen molar-refractivity contribution in [1.82, 2.24) is 10.2 Å². The number of nitrogens with zero attached hydrogens (tertiary/aromatic N) is 1. The summed E-state index contributed by atoms with van der Waals surface area (Å²) >= 11 is 12.0. The van der Waals surface area contributed by atoms with Gasteiger partial charge in [-0.05, 0) is 44.0 Å². The standard InChI is InChI=1S/C16H20Cl2N2O/c1-10(2)20(16(21)11(3)13-7-19-8-13)9-12-4-5-14(17)15(18)6-12/h4-6,10,19H,7-9H2,1-3H3. The third kappa shape index (κ3) is 3.79. The minimum absolute atomic E-state index is 0.0903. The molecule has 1 N–H and O–H groups in total. The van der Waals surface area contributed by atoms with E-state index in [1.807, 2.05) is 37.8 Å². The van der Waals surface area contributed by atoms with Crippen LogP contribution in [-0.2, 0) is 11.3 Å². The van der Waals surface area contributed by atoms with Crippen LogP contribution in [0.2, 0.25) is 10.0 Å². The van der Waals surface area contributed by atoms with Crippen molar-refractivity contribution in [2.75, 3.05) is 13.1 Å². The van der Waals surface area contributed by atoms with Crippen LogP contribution >= 0.6 is 23.2 Å². The zero-order valence-electron chi connectivity index (χ0n) is 12.5. The molecule has 0 saturated carbocycles. The number of hydrogen-bond donors (Lipinski definition) is 1. The zero-order chi connectivity index (χ0) is 15.6. The maximum absolute atomic E-state index is 12.7. The van der Waals surface area contributed by atoms with E-state index in [0.717, 1.165) is 24.2 Å². The summed E-state index contributed by atoms with van der Waals surface area (Å²) in [5.74, 6) is 0.0903. The Balaban J connectivity index is 2.19. The summed E-state index contributed by atoms with van der Waals surface area (Å²) in [6.07, 6.45) is 0. The van der Waals surface area contributed by atoms with Gasteiger partial charge in [-0.3, -0.25) is 4.79 Å². The number of rotatable bonds is 4. The highest BCUT2D eigenvalue weighted by molar-refractivity contribution is 6.42. The minimum atomic E-state index is 0.0903. The summed E-state index contributed by atoms with van der Waals surface area (Å²) in [4.78, 5) is 14.5. The highest BCUT2D eigenvalue weighted by atomic mass is 35.5. The lowest BCUT2D eigenvalue weighted by Gasteiger charge is -2.30. The van der Waals surface area contributed by atoms with Crippen molar-refractivity contribution in [3.8, 4) is 0 Å². The van der Waals surface area contributed by atoms with E-state index in [-0.39, 0.29) is 11.9 Å². The van der Waals surface area contributed by atoms with Crippen molar-refractivity contribution in [1.29, 1.82) is 0 Å². The molecule has 0 unspecified atom stereocenters. The van der Waals surface area contributed by atoms with E-state index >= 15 is 0 Å². The Morgan fingerprint density at radius 1 is 1.29 bits per heavy atom. The van der Waals surface area contributed by atoms with Crippen LogP contribution < -0.4 is 5.32 Å². The summed E-state index contributed by atoms with van der Waals surface area (Å²) < 4.78 is 0. The zero-order valence-corrected chi connectivity index (χ0v) is 14.1. The van der Waals surface area contributed by atoms with Crippen LogP contribution in [0.4, 0.5) is 0 Å². The quantitative estimate of drug-likeness (QED) is 0.856. The van der Waals surface area contributed by atoms with E-state index in [9.17, 15) is 4.79 Å². The van der Waals surface area contributed by atoms with Gasteiger partial charge in [-0.1, -0.05) is 29.3 Å². The number of halogens is 2. The predicted octanol–water partition coefficient (Wildman–Crippen LogP) is 3.65. The van der Waals surface area contributed by atoms with E-state index in [2.05, 4.69) is 5.32 Å². The largest absolute Gasteiger partial charge is 0.332 e. The molecule has 0 spiro atoms. The summed E-state index contributed by atoms with van der Waals surface area (Å²) in [5, 5.41) is 4.21. The van der Waals surface area contributed by atoms with Gasteiger partial charge in [0.15, 0.2) is 0 Å². The normalized spacial score (nSPS) is 14.1. The molecule has 5 heteroatoms. The Morgan fingerprint density at radius 3 is 2.43 bits per heavy atom. The molecule has 0 aromatic heterocycles. The van der Waals surface area contributed by atoms with Crippen LogP contribution in [0.3, 0.4) is 0 Å². The first-order valence-corrected chi connectivity index (χ1v) is 7.80. The van der Waals surface area contributed by atoms with Gasteiger partial charge in [0.25, 0.3) is 0 Å². The van der Waals surface area contributed by atoms with E-state index in [1.165, 1.54) is 5.57 Å². The topological polar surface area (TPSA) is 32.3 Å². The fourth-order valence-electron chi connectivity index (χ4n) is 2.21. The maximum atomic E-state index is 12.7. The number of benzene rings is 1. The van der Waals surface area contributed by atoms with Crippen molar-refractivity contribution in [3.63, 3.8) is 0 Å². The number of carbonyl (C=O) groups is 1. The van der Waals surface area contributed by atoms with Gasteiger partial charge in [-0.15, -0.1) is 0 Å². The Morgan fingerprint density at radius 2 is 1.95 bits per heavy atom. The molecule has 1 amide bonds. The van der Waals surface area contributed by atoms with Gasteiger partial charge >= 0.3 is 0 Å². The van der Waals surface area contributed by atoms with Crippen molar-refractivity contribution in [2.45, 2.75) is 33.4 Å². The molecule has 1 saturated heterocycles. The summed E-state index contributed by atoms with van der Waals surface area (Å²) in [5.41, 5.74) is 3.03. The van der Waals surface area contributed by atoms with E-state index < -0.39 is 0 Å². The number of carbonyl (C=O) groups excluding carboxylic acids is 1. The van der Waals surface area contributed by atoms with Crippen LogP contribution in [0.5, 0.6) is 0 Å². The molecule has 1 aliphatic rings. The average molecular weight is 327 g/mol. The second kappa shape index (κ2) is 6.82. The van der Waals surface area contributed by atoms with E-state index in [0.29, 0.717) is 16.6 Å².